The highest BCUT2D eigenvalue weighted by atomic mass is 35.5. The van der Waals surface area contributed by atoms with Gasteiger partial charge in [-0.05, 0) is 19.1 Å². The molecule has 5 nitrogen and oxygen atoms in total. The van der Waals surface area contributed by atoms with Crippen LogP contribution in [0.1, 0.15) is 19.4 Å². The summed E-state index contributed by atoms with van der Waals surface area (Å²) in [5.74, 6) is -0.627. The molecule has 1 aromatic rings. The van der Waals surface area contributed by atoms with Gasteiger partial charge in [-0.2, -0.15) is 0 Å². The van der Waals surface area contributed by atoms with E-state index in [0.29, 0.717) is 43.3 Å². The Morgan fingerprint density at radius 3 is 2.52 bits per heavy atom. The van der Waals surface area contributed by atoms with Gasteiger partial charge in [0.2, 0.25) is 11.8 Å². The van der Waals surface area contributed by atoms with Crippen LogP contribution in [0.4, 0.5) is 4.39 Å². The zero-order valence-corrected chi connectivity index (χ0v) is 14.1. The van der Waals surface area contributed by atoms with Gasteiger partial charge < -0.3 is 10.2 Å². The second kappa shape index (κ2) is 7.75. The van der Waals surface area contributed by atoms with E-state index in [1.54, 1.807) is 24.0 Å². The summed E-state index contributed by atoms with van der Waals surface area (Å²) in [7, 11) is 0. The Bertz CT molecular complexity index is 568. The van der Waals surface area contributed by atoms with Crippen LogP contribution in [-0.4, -0.2) is 53.8 Å². The van der Waals surface area contributed by atoms with Crippen LogP contribution in [0.2, 0.25) is 5.02 Å². The Balaban J connectivity index is 1.89. The Morgan fingerprint density at radius 1 is 1.30 bits per heavy atom. The van der Waals surface area contributed by atoms with Gasteiger partial charge in [0, 0.05) is 50.2 Å². The second-order valence-corrected chi connectivity index (χ2v) is 6.13. The largest absolute Gasteiger partial charge is 0.345 e. The Kier molecular flexibility index (Phi) is 5.96. The van der Waals surface area contributed by atoms with Gasteiger partial charge in [-0.1, -0.05) is 17.7 Å². The molecule has 23 heavy (non-hydrogen) atoms. The van der Waals surface area contributed by atoms with Gasteiger partial charge in [-0.3, -0.25) is 14.5 Å². The van der Waals surface area contributed by atoms with E-state index in [1.165, 1.54) is 13.0 Å². The highest BCUT2D eigenvalue weighted by molar-refractivity contribution is 6.31. The van der Waals surface area contributed by atoms with Gasteiger partial charge in [0.15, 0.2) is 0 Å². The normalized spacial score (nSPS) is 17.0. The van der Waals surface area contributed by atoms with Crippen LogP contribution in [0.3, 0.4) is 0 Å². The minimum atomic E-state index is -0.528. The van der Waals surface area contributed by atoms with Crippen LogP contribution in [0.5, 0.6) is 0 Å². The van der Waals surface area contributed by atoms with E-state index >= 15 is 0 Å². The van der Waals surface area contributed by atoms with Crippen molar-refractivity contribution in [3.63, 3.8) is 0 Å². The number of carbonyl (C=O) groups is 2. The minimum Gasteiger partial charge on any atom is -0.345 e. The summed E-state index contributed by atoms with van der Waals surface area (Å²) in [5, 5.41) is 3.01. The van der Waals surface area contributed by atoms with Crippen LogP contribution in [0.15, 0.2) is 18.2 Å². The predicted molar refractivity (Wildman–Crippen MR) is 86.5 cm³/mol. The van der Waals surface area contributed by atoms with E-state index in [-0.39, 0.29) is 17.6 Å². The molecule has 0 radical (unpaired) electrons. The third kappa shape index (κ3) is 4.65. The molecule has 0 aromatic heterocycles. The lowest BCUT2D eigenvalue weighted by atomic mass is 10.1. The minimum absolute atomic E-state index is 0.0937. The van der Waals surface area contributed by atoms with Crippen molar-refractivity contribution in [3.05, 3.63) is 34.6 Å². The molecule has 2 rings (SSSR count). The molecule has 126 valence electrons. The van der Waals surface area contributed by atoms with Crippen molar-refractivity contribution in [3.8, 4) is 0 Å². The smallest absolute Gasteiger partial charge is 0.244 e. The number of amides is 2. The molecule has 1 fully saturated rings. The summed E-state index contributed by atoms with van der Waals surface area (Å²) in [6.45, 7) is 5.87. The maximum Gasteiger partial charge on any atom is 0.244 e. The zero-order chi connectivity index (χ0) is 17.0. The molecule has 1 atom stereocenters. The van der Waals surface area contributed by atoms with Crippen LogP contribution in [0, 0.1) is 5.82 Å². The van der Waals surface area contributed by atoms with Crippen molar-refractivity contribution < 1.29 is 14.0 Å². The second-order valence-electron chi connectivity index (χ2n) is 5.72. The predicted octanol–water partition coefficient (Wildman–Crippen LogP) is 1.65. The van der Waals surface area contributed by atoms with Crippen molar-refractivity contribution in [1.82, 2.24) is 15.1 Å². The molecule has 0 bridgehead atoms. The van der Waals surface area contributed by atoms with Crippen molar-refractivity contribution in [2.75, 3.05) is 26.2 Å². The van der Waals surface area contributed by atoms with E-state index in [9.17, 15) is 14.0 Å². The molecule has 0 saturated carbocycles. The van der Waals surface area contributed by atoms with E-state index in [0.717, 1.165) is 0 Å². The third-order valence-corrected chi connectivity index (χ3v) is 4.27. The van der Waals surface area contributed by atoms with Crippen LogP contribution in [0.25, 0.3) is 0 Å². The van der Waals surface area contributed by atoms with Gasteiger partial charge >= 0.3 is 0 Å². The molecule has 1 N–H and O–H groups in total. The third-order valence-electron chi connectivity index (χ3n) is 3.92. The summed E-state index contributed by atoms with van der Waals surface area (Å²) in [4.78, 5) is 27.0. The lowest BCUT2D eigenvalue weighted by Crippen LogP contribution is -2.53. The maximum atomic E-state index is 13.8. The summed E-state index contributed by atoms with van der Waals surface area (Å²) < 4.78 is 13.8. The average molecular weight is 342 g/mol. The standard InChI is InChI=1S/C16H21ClFN3O2/c1-11(19-12(2)22)16(23)21-8-6-20(7-9-21)10-13-14(17)4-3-5-15(13)18/h3-5,11H,6-10H2,1-2H3,(H,19,22)/t11-/m0/s1. The number of nitrogens with one attached hydrogen (secondary N) is 1. The van der Waals surface area contributed by atoms with E-state index in [2.05, 4.69) is 10.2 Å². The molecular weight excluding hydrogens is 321 g/mol. The Hall–Kier alpha value is -1.66. The molecule has 1 heterocycles. The molecule has 1 aromatic carbocycles. The van der Waals surface area contributed by atoms with E-state index in [4.69, 9.17) is 11.6 Å². The lowest BCUT2D eigenvalue weighted by molar-refractivity contribution is -0.137. The zero-order valence-electron chi connectivity index (χ0n) is 13.3. The molecular formula is C16H21ClFN3O2. The Labute approximate surface area is 140 Å². The fourth-order valence-electron chi connectivity index (χ4n) is 2.67. The number of benzene rings is 1. The number of carbonyl (C=O) groups excluding carboxylic acids is 2. The van der Waals surface area contributed by atoms with E-state index in [1.807, 2.05) is 0 Å². The molecule has 0 spiro atoms. The van der Waals surface area contributed by atoms with Crippen molar-refractivity contribution in [1.29, 1.82) is 0 Å². The molecule has 1 aliphatic rings. The van der Waals surface area contributed by atoms with Crippen LogP contribution in [-0.2, 0) is 16.1 Å². The number of hydrogen-bond acceptors (Lipinski definition) is 3. The first-order valence-electron chi connectivity index (χ1n) is 7.59. The van der Waals surface area contributed by atoms with Crippen molar-refractivity contribution >= 4 is 23.4 Å². The molecule has 2 amide bonds. The first kappa shape index (κ1) is 17.7. The summed E-state index contributed by atoms with van der Waals surface area (Å²) in [6, 6.07) is 4.13. The van der Waals surface area contributed by atoms with Crippen LogP contribution < -0.4 is 5.32 Å². The summed E-state index contributed by atoms with van der Waals surface area (Å²) in [5.41, 5.74) is 0.487. The van der Waals surface area contributed by atoms with Gasteiger partial charge in [0.05, 0.1) is 0 Å². The monoisotopic (exact) mass is 341 g/mol. The number of piperazine rings is 1. The van der Waals surface area contributed by atoms with Gasteiger partial charge in [-0.25, -0.2) is 4.39 Å². The summed E-state index contributed by atoms with van der Waals surface area (Å²) >= 11 is 6.05. The fraction of sp³-hybridized carbons (Fsp3) is 0.500. The van der Waals surface area contributed by atoms with Crippen molar-refractivity contribution in [2.45, 2.75) is 26.4 Å². The molecule has 7 heteroatoms. The number of halogens is 2. The van der Waals surface area contributed by atoms with E-state index < -0.39 is 6.04 Å². The highest BCUT2D eigenvalue weighted by Gasteiger charge is 2.25. The van der Waals surface area contributed by atoms with Gasteiger partial charge in [0.1, 0.15) is 11.9 Å². The quantitative estimate of drug-likeness (QED) is 0.906. The molecule has 0 aliphatic carbocycles. The SMILES string of the molecule is CC(=O)N[C@@H](C)C(=O)N1CCN(Cc2c(F)cccc2Cl)CC1. The first-order chi connectivity index (χ1) is 10.9. The first-order valence-corrected chi connectivity index (χ1v) is 7.97. The summed E-state index contributed by atoms with van der Waals surface area (Å²) in [6.07, 6.45) is 0. The number of rotatable bonds is 4. The average Bonchev–Trinajstić information content (AvgIpc) is 2.50. The maximum absolute atomic E-state index is 13.8. The molecule has 1 aliphatic heterocycles. The topological polar surface area (TPSA) is 52.7 Å². The van der Waals surface area contributed by atoms with Gasteiger partial charge in [-0.15, -0.1) is 0 Å². The highest BCUT2D eigenvalue weighted by Crippen LogP contribution is 2.21. The Morgan fingerprint density at radius 2 is 1.96 bits per heavy atom. The molecule has 1 saturated heterocycles. The number of hydrogen-bond donors (Lipinski definition) is 1. The van der Waals surface area contributed by atoms with Crippen LogP contribution >= 0.6 is 11.6 Å². The number of nitrogens with zero attached hydrogens (tertiary/aromatic N) is 2. The lowest BCUT2D eigenvalue weighted by Gasteiger charge is -2.36. The van der Waals surface area contributed by atoms with Crippen molar-refractivity contribution in [2.24, 2.45) is 0 Å². The van der Waals surface area contributed by atoms with Gasteiger partial charge in [0.25, 0.3) is 0 Å². The molecule has 0 unspecified atom stereocenters. The fourth-order valence-corrected chi connectivity index (χ4v) is 2.90.